The van der Waals surface area contributed by atoms with Crippen LogP contribution in [0, 0.1) is 0 Å². The third-order valence-corrected chi connectivity index (χ3v) is 9.99. The molecular formula is C42H30BrClN4S. The lowest BCUT2D eigenvalue weighted by Crippen LogP contribution is -1.94. The lowest BCUT2D eigenvalue weighted by molar-refractivity contribution is 1.23. The van der Waals surface area contributed by atoms with Crippen molar-refractivity contribution in [2.24, 2.45) is 0 Å². The Morgan fingerprint density at radius 2 is 1.08 bits per heavy atom. The van der Waals surface area contributed by atoms with Crippen molar-refractivity contribution in [1.82, 2.24) is 19.9 Å². The normalized spacial score (nSPS) is 10.9. The van der Waals surface area contributed by atoms with Crippen LogP contribution in [0.2, 0.25) is 5.15 Å². The molecule has 9 rings (SSSR count). The molecule has 3 aromatic heterocycles. The fraction of sp³-hybridized carbons (Fsp3) is 0.0476. The predicted octanol–water partition coefficient (Wildman–Crippen LogP) is 13.1. The molecule has 7 heteroatoms. The van der Waals surface area contributed by atoms with Crippen LogP contribution in [-0.2, 0) is 0 Å². The van der Waals surface area contributed by atoms with E-state index in [0.29, 0.717) is 11.0 Å². The molecule has 9 aromatic rings. The van der Waals surface area contributed by atoms with E-state index in [4.69, 9.17) is 26.6 Å². The molecule has 0 amide bonds. The Balaban J connectivity index is 0.000000147. The van der Waals surface area contributed by atoms with Crippen molar-refractivity contribution in [3.8, 4) is 34.0 Å². The molecule has 4 nitrogen and oxygen atoms in total. The molecule has 0 fully saturated rings. The average Bonchev–Trinajstić information content (AvgIpc) is 3.55. The van der Waals surface area contributed by atoms with Crippen molar-refractivity contribution in [2.45, 2.75) is 13.8 Å². The highest BCUT2D eigenvalue weighted by molar-refractivity contribution is 9.10. The highest BCUT2D eigenvalue weighted by Gasteiger charge is 2.14. The highest BCUT2D eigenvalue weighted by atomic mass is 79.9. The summed E-state index contributed by atoms with van der Waals surface area (Å²) in [4.78, 5) is 18.9. The SMILES string of the molecule is Brc1ccc(-c2nc(-c3ccccc3)nc3ccccc23)cc1.CC.Clc1nc(-c2cccc3c2sc2ccccc23)nc2ccccc12. The van der Waals surface area contributed by atoms with E-state index < -0.39 is 0 Å². The Kier molecular flexibility index (Phi) is 9.71. The monoisotopic (exact) mass is 736 g/mol. The van der Waals surface area contributed by atoms with Crippen molar-refractivity contribution in [1.29, 1.82) is 0 Å². The lowest BCUT2D eigenvalue weighted by Gasteiger charge is -2.09. The molecule has 0 aliphatic rings. The van der Waals surface area contributed by atoms with Gasteiger partial charge in [0.15, 0.2) is 11.6 Å². The quantitative estimate of drug-likeness (QED) is 0.169. The van der Waals surface area contributed by atoms with Crippen molar-refractivity contribution in [3.63, 3.8) is 0 Å². The number of aromatic nitrogens is 4. The molecule has 0 aliphatic carbocycles. The third-order valence-electron chi connectivity index (χ3n) is 7.95. The Hall–Kier alpha value is -5.01. The van der Waals surface area contributed by atoms with Crippen LogP contribution in [0.4, 0.5) is 0 Å². The molecule has 0 N–H and O–H groups in total. The number of nitrogens with zero attached hydrogens (tertiary/aromatic N) is 4. The molecule has 0 bridgehead atoms. The molecule has 0 spiro atoms. The summed E-state index contributed by atoms with van der Waals surface area (Å²) in [7, 11) is 0. The zero-order valence-electron chi connectivity index (χ0n) is 26.8. The minimum Gasteiger partial charge on any atom is -0.228 e. The van der Waals surface area contributed by atoms with E-state index in [2.05, 4.69) is 81.6 Å². The van der Waals surface area contributed by atoms with Crippen LogP contribution in [0.5, 0.6) is 0 Å². The van der Waals surface area contributed by atoms with Crippen LogP contribution in [0.25, 0.3) is 76.0 Å². The van der Waals surface area contributed by atoms with E-state index in [-0.39, 0.29) is 0 Å². The van der Waals surface area contributed by atoms with E-state index >= 15 is 0 Å². The smallest absolute Gasteiger partial charge is 0.162 e. The molecule has 238 valence electrons. The van der Waals surface area contributed by atoms with Crippen molar-refractivity contribution in [3.05, 3.63) is 155 Å². The van der Waals surface area contributed by atoms with Crippen LogP contribution in [0.1, 0.15) is 13.8 Å². The van der Waals surface area contributed by atoms with Crippen LogP contribution in [-0.4, -0.2) is 19.9 Å². The molecule has 6 aromatic carbocycles. The van der Waals surface area contributed by atoms with Gasteiger partial charge in [-0.15, -0.1) is 11.3 Å². The number of rotatable bonds is 3. The second kappa shape index (κ2) is 14.6. The molecule has 0 unspecified atom stereocenters. The minimum atomic E-state index is 0.494. The summed E-state index contributed by atoms with van der Waals surface area (Å²) < 4.78 is 3.53. The van der Waals surface area contributed by atoms with E-state index in [1.807, 2.05) is 98.8 Å². The number of benzene rings is 6. The van der Waals surface area contributed by atoms with Gasteiger partial charge in [0.1, 0.15) is 5.15 Å². The Morgan fingerprint density at radius 1 is 0.490 bits per heavy atom. The Labute approximate surface area is 302 Å². The third kappa shape index (κ3) is 6.68. The molecule has 0 aliphatic heterocycles. The molecular weight excluding hydrogens is 708 g/mol. The van der Waals surface area contributed by atoms with Crippen LogP contribution >= 0.6 is 38.9 Å². The maximum atomic E-state index is 6.39. The van der Waals surface area contributed by atoms with Crippen molar-refractivity contribution in [2.75, 3.05) is 0 Å². The van der Waals surface area contributed by atoms with Gasteiger partial charge in [-0.25, -0.2) is 19.9 Å². The summed E-state index contributed by atoms with van der Waals surface area (Å²) in [6.07, 6.45) is 0. The molecule has 49 heavy (non-hydrogen) atoms. The fourth-order valence-corrected chi connectivity index (χ4v) is 7.42. The standard InChI is InChI=1S/C20H13BrN2.C20H11ClN2S.C2H6/c21-16-12-10-14(11-13-16)19-17-8-4-5-9-18(17)22-20(23-19)15-6-2-1-3-7-15;21-19-14-7-1-3-10-16(14)22-20(23-19)15-9-5-8-13-12-6-2-4-11-17(12)24-18(13)15;1-2/h1-13H;1-11H;1-2H3. The molecule has 0 radical (unpaired) electrons. The second-order valence-electron chi connectivity index (χ2n) is 10.9. The minimum absolute atomic E-state index is 0.494. The van der Waals surface area contributed by atoms with Gasteiger partial charge in [-0.3, -0.25) is 0 Å². The average molecular weight is 738 g/mol. The largest absolute Gasteiger partial charge is 0.228 e. The van der Waals surface area contributed by atoms with Crippen LogP contribution in [0.3, 0.4) is 0 Å². The number of halogens is 2. The first-order valence-corrected chi connectivity index (χ1v) is 18.0. The van der Waals surface area contributed by atoms with Gasteiger partial charge in [-0.2, -0.15) is 0 Å². The van der Waals surface area contributed by atoms with Gasteiger partial charge in [0.2, 0.25) is 0 Å². The molecule has 3 heterocycles. The number of thiophene rings is 1. The zero-order valence-corrected chi connectivity index (χ0v) is 30.0. The summed E-state index contributed by atoms with van der Waals surface area (Å²) >= 11 is 11.7. The van der Waals surface area contributed by atoms with Crippen LogP contribution in [0.15, 0.2) is 150 Å². The van der Waals surface area contributed by atoms with Gasteiger partial charge in [0.25, 0.3) is 0 Å². The highest BCUT2D eigenvalue weighted by Crippen LogP contribution is 2.39. The van der Waals surface area contributed by atoms with Crippen molar-refractivity contribution >= 4 is 80.8 Å². The second-order valence-corrected chi connectivity index (χ2v) is 13.2. The molecule has 0 saturated heterocycles. The fourth-order valence-electron chi connectivity index (χ4n) is 5.70. The van der Waals surface area contributed by atoms with Gasteiger partial charge in [-0.1, -0.05) is 145 Å². The van der Waals surface area contributed by atoms with E-state index in [9.17, 15) is 0 Å². The van der Waals surface area contributed by atoms with E-state index in [1.165, 1.54) is 20.2 Å². The molecule has 0 atom stereocenters. The number of hydrogen-bond acceptors (Lipinski definition) is 5. The first kappa shape index (κ1) is 32.5. The first-order valence-electron chi connectivity index (χ1n) is 16.0. The van der Waals surface area contributed by atoms with Crippen LogP contribution < -0.4 is 0 Å². The summed E-state index contributed by atoms with van der Waals surface area (Å²) in [5.74, 6) is 1.43. The van der Waals surface area contributed by atoms with E-state index in [1.54, 1.807) is 11.3 Å². The van der Waals surface area contributed by atoms with Gasteiger partial charge >= 0.3 is 0 Å². The number of hydrogen-bond donors (Lipinski definition) is 0. The summed E-state index contributed by atoms with van der Waals surface area (Å²) in [6.45, 7) is 4.00. The zero-order chi connectivity index (χ0) is 33.7. The van der Waals surface area contributed by atoms with Gasteiger partial charge in [0, 0.05) is 52.1 Å². The maximum absolute atomic E-state index is 6.39. The Morgan fingerprint density at radius 3 is 1.84 bits per heavy atom. The summed E-state index contributed by atoms with van der Waals surface area (Å²) in [6, 6.07) is 49.0. The predicted molar refractivity (Wildman–Crippen MR) is 212 cm³/mol. The van der Waals surface area contributed by atoms with Crippen molar-refractivity contribution < 1.29 is 0 Å². The lowest BCUT2D eigenvalue weighted by atomic mass is 10.1. The van der Waals surface area contributed by atoms with E-state index in [0.717, 1.165) is 54.5 Å². The number of fused-ring (bicyclic) bond motifs is 5. The number of para-hydroxylation sites is 2. The maximum Gasteiger partial charge on any atom is 0.162 e. The Bertz CT molecular complexity index is 2550. The van der Waals surface area contributed by atoms with Gasteiger partial charge in [-0.05, 0) is 42.5 Å². The topological polar surface area (TPSA) is 51.6 Å². The van der Waals surface area contributed by atoms with Gasteiger partial charge < -0.3 is 0 Å². The summed E-state index contributed by atoms with van der Waals surface area (Å²) in [5.41, 5.74) is 5.92. The van der Waals surface area contributed by atoms with Gasteiger partial charge in [0.05, 0.1) is 16.7 Å². The summed E-state index contributed by atoms with van der Waals surface area (Å²) in [5, 5.41) is 4.95. The molecule has 0 saturated carbocycles. The first-order chi connectivity index (χ1) is 24.1.